The number of carbonyl (C=O) groups excluding carboxylic acids is 1. The van der Waals surface area contributed by atoms with Gasteiger partial charge in [0.1, 0.15) is 18.2 Å². The molecule has 0 bridgehead atoms. The second kappa shape index (κ2) is 12.6. The molecule has 1 amide bonds. The Morgan fingerprint density at radius 3 is 2.51 bits per heavy atom. The summed E-state index contributed by atoms with van der Waals surface area (Å²) >= 11 is 12.1. The van der Waals surface area contributed by atoms with E-state index in [1.807, 2.05) is 6.07 Å². The Labute approximate surface area is 224 Å². The molecule has 0 heterocycles. The number of nitrogens with one attached hydrogen (secondary N) is 1. The first kappa shape index (κ1) is 27.3. The molecule has 9 heteroatoms. The Kier molecular flexibility index (Phi) is 9.33. The van der Waals surface area contributed by atoms with E-state index >= 15 is 0 Å². The molecule has 7 nitrogen and oxygen atoms in total. The third kappa shape index (κ3) is 6.91. The van der Waals surface area contributed by atoms with E-state index in [0.29, 0.717) is 23.5 Å². The fraction of sp³-hybridized carbons (Fsp3) is 0.107. The largest absolute Gasteiger partial charge is 0.493 e. The molecule has 3 rings (SSSR count). The summed E-state index contributed by atoms with van der Waals surface area (Å²) in [7, 11) is 1.48. The number of methoxy groups -OCH3 is 1. The van der Waals surface area contributed by atoms with Gasteiger partial charge in [0, 0.05) is 5.56 Å². The Morgan fingerprint density at radius 1 is 1.16 bits per heavy atom. The van der Waals surface area contributed by atoms with Crippen LogP contribution in [-0.4, -0.2) is 24.1 Å². The highest BCUT2D eigenvalue weighted by Gasteiger charge is 2.16. The number of hydrogen-bond donors (Lipinski definition) is 2. The van der Waals surface area contributed by atoms with Crippen molar-refractivity contribution in [2.24, 2.45) is 0 Å². The number of anilines is 1. The van der Waals surface area contributed by atoms with E-state index in [4.69, 9.17) is 37.8 Å². The molecule has 37 heavy (non-hydrogen) atoms. The van der Waals surface area contributed by atoms with Crippen molar-refractivity contribution >= 4 is 46.8 Å². The number of carboxylic acids is 1. The first-order valence-electron chi connectivity index (χ1n) is 10.9. The van der Waals surface area contributed by atoms with E-state index in [-0.39, 0.29) is 33.5 Å². The summed E-state index contributed by atoms with van der Waals surface area (Å²) < 4.78 is 11.6. The molecule has 0 aliphatic carbocycles. The Balaban J connectivity index is 1.89. The van der Waals surface area contributed by atoms with Gasteiger partial charge in [-0.15, -0.1) is 6.58 Å². The molecule has 0 saturated carbocycles. The van der Waals surface area contributed by atoms with Gasteiger partial charge in [0.2, 0.25) is 0 Å². The number of carboxylic acid groups (broad SMARTS) is 1. The van der Waals surface area contributed by atoms with Crippen molar-refractivity contribution in [1.82, 2.24) is 0 Å². The van der Waals surface area contributed by atoms with Crippen LogP contribution in [0.2, 0.25) is 10.0 Å². The summed E-state index contributed by atoms with van der Waals surface area (Å²) in [4.78, 5) is 23.8. The fourth-order valence-corrected chi connectivity index (χ4v) is 3.74. The van der Waals surface area contributed by atoms with Crippen molar-refractivity contribution in [3.8, 4) is 17.6 Å². The van der Waals surface area contributed by atoms with Crippen LogP contribution in [0.4, 0.5) is 5.69 Å². The van der Waals surface area contributed by atoms with E-state index in [9.17, 15) is 14.9 Å². The van der Waals surface area contributed by atoms with Gasteiger partial charge in [0.05, 0.1) is 28.4 Å². The van der Waals surface area contributed by atoms with Crippen molar-refractivity contribution in [3.63, 3.8) is 0 Å². The van der Waals surface area contributed by atoms with Crippen LogP contribution in [0, 0.1) is 11.3 Å². The van der Waals surface area contributed by atoms with Crippen molar-refractivity contribution in [2.45, 2.75) is 13.0 Å². The van der Waals surface area contributed by atoms with Gasteiger partial charge in [-0.3, -0.25) is 4.79 Å². The van der Waals surface area contributed by atoms with Gasteiger partial charge in [-0.1, -0.05) is 47.5 Å². The highest BCUT2D eigenvalue weighted by molar-refractivity contribution is 6.44. The number of halogens is 2. The predicted octanol–water partition coefficient (Wildman–Crippen LogP) is 6.55. The van der Waals surface area contributed by atoms with E-state index < -0.39 is 11.9 Å². The highest BCUT2D eigenvalue weighted by atomic mass is 35.5. The molecule has 3 aromatic carbocycles. The molecule has 0 spiro atoms. The van der Waals surface area contributed by atoms with E-state index in [2.05, 4.69) is 11.9 Å². The van der Waals surface area contributed by atoms with Crippen LogP contribution in [0.5, 0.6) is 11.5 Å². The molecule has 0 aromatic heterocycles. The third-order valence-electron chi connectivity index (χ3n) is 5.20. The Hall–Kier alpha value is -4.25. The number of amides is 1. The Bertz CT molecular complexity index is 1410. The van der Waals surface area contributed by atoms with Crippen LogP contribution >= 0.6 is 23.2 Å². The second-order valence-corrected chi connectivity index (χ2v) is 8.51. The molecule has 0 aliphatic rings. The zero-order chi connectivity index (χ0) is 26.9. The smallest absolute Gasteiger partial charge is 0.335 e. The molecule has 0 radical (unpaired) electrons. The number of nitriles is 1. The lowest BCUT2D eigenvalue weighted by Crippen LogP contribution is -2.13. The molecular formula is C28H22Cl2N2O5. The summed E-state index contributed by atoms with van der Waals surface area (Å²) in [6.07, 6.45) is 3.55. The summed E-state index contributed by atoms with van der Waals surface area (Å²) in [5.74, 6) is -0.799. The summed E-state index contributed by atoms with van der Waals surface area (Å²) in [6.45, 7) is 3.96. The first-order valence-corrected chi connectivity index (χ1v) is 11.7. The lowest BCUT2D eigenvalue weighted by Gasteiger charge is -2.16. The zero-order valence-corrected chi connectivity index (χ0v) is 21.3. The zero-order valence-electron chi connectivity index (χ0n) is 19.8. The monoisotopic (exact) mass is 536 g/mol. The summed E-state index contributed by atoms with van der Waals surface area (Å²) in [5, 5.41) is 21.7. The van der Waals surface area contributed by atoms with Crippen molar-refractivity contribution in [3.05, 3.63) is 105 Å². The van der Waals surface area contributed by atoms with Crippen molar-refractivity contribution in [1.29, 1.82) is 5.26 Å². The normalized spacial score (nSPS) is 10.8. The number of ether oxygens (including phenoxy) is 2. The molecule has 2 N–H and O–H groups in total. The number of aromatic carboxylic acids is 1. The lowest BCUT2D eigenvalue weighted by molar-refractivity contribution is -0.112. The summed E-state index contributed by atoms with van der Waals surface area (Å²) in [6, 6.07) is 16.5. The molecular weight excluding hydrogens is 515 g/mol. The molecule has 188 valence electrons. The van der Waals surface area contributed by atoms with Crippen LogP contribution in [-0.2, 0) is 17.8 Å². The number of rotatable bonds is 10. The van der Waals surface area contributed by atoms with Gasteiger partial charge in [0.25, 0.3) is 5.91 Å². The van der Waals surface area contributed by atoms with Gasteiger partial charge in [-0.05, 0) is 60.0 Å². The van der Waals surface area contributed by atoms with Gasteiger partial charge in [-0.2, -0.15) is 5.26 Å². The number of nitrogens with zero attached hydrogens (tertiary/aromatic N) is 1. The maximum absolute atomic E-state index is 12.8. The van der Waals surface area contributed by atoms with E-state index in [0.717, 1.165) is 11.1 Å². The van der Waals surface area contributed by atoms with Crippen LogP contribution in [0.1, 0.15) is 27.0 Å². The van der Waals surface area contributed by atoms with Gasteiger partial charge >= 0.3 is 5.97 Å². The number of allylic oxidation sites excluding steroid dienone is 1. The Morgan fingerprint density at radius 2 is 1.89 bits per heavy atom. The minimum absolute atomic E-state index is 0.158. The third-order valence-corrected chi connectivity index (χ3v) is 6.02. The van der Waals surface area contributed by atoms with Gasteiger partial charge in [0.15, 0.2) is 11.5 Å². The van der Waals surface area contributed by atoms with Crippen LogP contribution in [0.3, 0.4) is 0 Å². The molecule has 3 aromatic rings. The predicted molar refractivity (Wildman–Crippen MR) is 143 cm³/mol. The van der Waals surface area contributed by atoms with Crippen molar-refractivity contribution < 1.29 is 24.2 Å². The number of benzene rings is 3. The van der Waals surface area contributed by atoms with E-state index in [1.54, 1.807) is 48.5 Å². The minimum atomic E-state index is -1.01. The van der Waals surface area contributed by atoms with Gasteiger partial charge < -0.3 is 19.9 Å². The maximum Gasteiger partial charge on any atom is 0.335 e. The number of carbonyl (C=O) groups is 2. The number of hydrogen-bond acceptors (Lipinski definition) is 5. The molecule has 0 unspecified atom stereocenters. The van der Waals surface area contributed by atoms with Crippen LogP contribution in [0.25, 0.3) is 6.08 Å². The molecule has 0 saturated heterocycles. The highest BCUT2D eigenvalue weighted by Crippen LogP contribution is 2.35. The lowest BCUT2D eigenvalue weighted by atomic mass is 10.0. The topological polar surface area (TPSA) is 109 Å². The van der Waals surface area contributed by atoms with Gasteiger partial charge in [-0.25, -0.2) is 4.79 Å². The maximum atomic E-state index is 12.8. The van der Waals surface area contributed by atoms with Crippen LogP contribution in [0.15, 0.2) is 72.8 Å². The molecule has 0 atom stereocenters. The summed E-state index contributed by atoms with van der Waals surface area (Å²) in [5.41, 5.74) is 2.33. The van der Waals surface area contributed by atoms with Crippen LogP contribution < -0.4 is 14.8 Å². The molecule has 0 aliphatic heterocycles. The van der Waals surface area contributed by atoms with Crippen molar-refractivity contribution in [2.75, 3.05) is 12.4 Å². The standard InChI is InChI=1S/C28H22Cl2N2O5/c1-3-5-20-12-18(13-21(15-31)27(33)32-23-7-4-6-22(29)25(23)30)14-24(36-2)26(20)37-16-17-8-10-19(11-9-17)28(34)35/h3-4,6-14H,1,5,16H2,2H3,(H,32,33)(H,34,35)/b21-13-. The average Bonchev–Trinajstić information content (AvgIpc) is 2.89. The SMILES string of the molecule is C=CCc1cc(/C=C(/C#N)C(=O)Nc2cccc(Cl)c2Cl)cc(OC)c1OCc1ccc(C(=O)O)cc1. The fourth-order valence-electron chi connectivity index (χ4n) is 3.39. The average molecular weight is 537 g/mol. The van der Waals surface area contributed by atoms with E-state index in [1.165, 1.54) is 25.3 Å². The molecule has 0 fully saturated rings. The first-order chi connectivity index (χ1) is 17.8. The second-order valence-electron chi connectivity index (χ2n) is 7.72. The quantitative estimate of drug-likeness (QED) is 0.172. The minimum Gasteiger partial charge on any atom is -0.493 e.